The van der Waals surface area contributed by atoms with Gasteiger partial charge in [0.25, 0.3) is 11.8 Å². The fraction of sp³-hybridized carbons (Fsp3) is 0.391. The maximum Gasteiger partial charge on any atom is 0.263 e. The van der Waals surface area contributed by atoms with Gasteiger partial charge in [-0.1, -0.05) is 36.4 Å². The molecule has 0 spiro atoms. The van der Waals surface area contributed by atoms with E-state index >= 15 is 0 Å². The van der Waals surface area contributed by atoms with Crippen LogP contribution in [0.4, 0.5) is 0 Å². The van der Waals surface area contributed by atoms with Crippen molar-refractivity contribution in [1.29, 1.82) is 0 Å². The van der Waals surface area contributed by atoms with Gasteiger partial charge in [-0.25, -0.2) is 0 Å². The molecule has 0 radical (unpaired) electrons. The van der Waals surface area contributed by atoms with Gasteiger partial charge >= 0.3 is 0 Å². The van der Waals surface area contributed by atoms with Crippen LogP contribution in [0.1, 0.15) is 20.3 Å². The van der Waals surface area contributed by atoms with Crippen LogP contribution in [-0.2, 0) is 9.59 Å². The summed E-state index contributed by atoms with van der Waals surface area (Å²) < 4.78 is 11.5. The van der Waals surface area contributed by atoms with Crippen LogP contribution in [0.2, 0.25) is 0 Å². The first-order valence-corrected chi connectivity index (χ1v) is 10.1. The van der Waals surface area contributed by atoms with Gasteiger partial charge in [-0.3, -0.25) is 9.59 Å². The van der Waals surface area contributed by atoms with E-state index in [1.165, 1.54) is 0 Å². The lowest BCUT2D eigenvalue weighted by Crippen LogP contribution is -2.45. The molecule has 1 saturated heterocycles. The van der Waals surface area contributed by atoms with E-state index in [0.29, 0.717) is 37.7 Å². The summed E-state index contributed by atoms with van der Waals surface area (Å²) in [6.45, 7) is 5.73. The van der Waals surface area contributed by atoms with E-state index in [1.54, 1.807) is 23.6 Å². The Morgan fingerprint density at radius 1 is 0.690 bits per heavy atom. The zero-order valence-electron chi connectivity index (χ0n) is 17.0. The molecule has 2 atom stereocenters. The minimum Gasteiger partial charge on any atom is -0.481 e. The first kappa shape index (κ1) is 20.7. The summed E-state index contributed by atoms with van der Waals surface area (Å²) in [4.78, 5) is 29.1. The van der Waals surface area contributed by atoms with Gasteiger partial charge in [-0.05, 0) is 44.5 Å². The average molecular weight is 396 g/mol. The molecule has 3 rings (SSSR count). The Morgan fingerprint density at radius 3 is 1.45 bits per heavy atom. The van der Waals surface area contributed by atoms with E-state index in [1.807, 2.05) is 60.7 Å². The Bertz CT molecular complexity index is 730. The second-order valence-electron chi connectivity index (χ2n) is 7.15. The highest BCUT2D eigenvalue weighted by atomic mass is 16.5. The molecule has 1 heterocycles. The summed E-state index contributed by atoms with van der Waals surface area (Å²) >= 11 is 0. The Balaban J connectivity index is 1.52. The largest absolute Gasteiger partial charge is 0.481 e. The van der Waals surface area contributed by atoms with Gasteiger partial charge in [0.2, 0.25) is 0 Å². The second kappa shape index (κ2) is 9.96. The molecule has 0 unspecified atom stereocenters. The maximum absolute atomic E-state index is 12.8. The molecule has 29 heavy (non-hydrogen) atoms. The van der Waals surface area contributed by atoms with E-state index in [4.69, 9.17) is 9.47 Å². The molecule has 0 aliphatic carbocycles. The third-order valence-corrected chi connectivity index (χ3v) is 4.93. The fourth-order valence-corrected chi connectivity index (χ4v) is 3.38. The summed E-state index contributed by atoms with van der Waals surface area (Å²) in [5.41, 5.74) is 0. The lowest BCUT2D eigenvalue weighted by Gasteiger charge is -2.26. The molecule has 2 aromatic rings. The summed E-state index contributed by atoms with van der Waals surface area (Å²) in [5, 5.41) is 0. The van der Waals surface area contributed by atoms with Crippen molar-refractivity contribution in [2.45, 2.75) is 32.5 Å². The quantitative estimate of drug-likeness (QED) is 0.753. The number of amides is 2. The van der Waals surface area contributed by atoms with Crippen LogP contribution in [0.15, 0.2) is 60.7 Å². The van der Waals surface area contributed by atoms with Gasteiger partial charge in [0.05, 0.1) is 0 Å². The molecular weight excluding hydrogens is 368 g/mol. The Morgan fingerprint density at radius 2 is 1.07 bits per heavy atom. The molecule has 1 fully saturated rings. The number of hydrogen-bond acceptors (Lipinski definition) is 4. The van der Waals surface area contributed by atoms with Crippen LogP contribution in [0.5, 0.6) is 11.5 Å². The van der Waals surface area contributed by atoms with Gasteiger partial charge in [-0.15, -0.1) is 0 Å². The lowest BCUT2D eigenvalue weighted by molar-refractivity contribution is -0.140. The van der Waals surface area contributed by atoms with Gasteiger partial charge < -0.3 is 19.3 Å². The van der Waals surface area contributed by atoms with Crippen molar-refractivity contribution in [3.05, 3.63) is 60.7 Å². The Kier molecular flexibility index (Phi) is 7.11. The predicted molar refractivity (Wildman–Crippen MR) is 111 cm³/mol. The number of nitrogens with zero attached hydrogens (tertiary/aromatic N) is 2. The molecule has 0 bridgehead atoms. The Hall–Kier alpha value is -3.02. The van der Waals surface area contributed by atoms with E-state index in [9.17, 15) is 9.59 Å². The molecule has 1 aliphatic heterocycles. The number of benzene rings is 2. The van der Waals surface area contributed by atoms with Crippen LogP contribution in [-0.4, -0.2) is 60.0 Å². The average Bonchev–Trinajstić information content (AvgIpc) is 3.00. The Labute approximate surface area is 172 Å². The molecule has 0 N–H and O–H groups in total. The number of hydrogen-bond donors (Lipinski definition) is 0. The molecule has 6 nitrogen and oxygen atoms in total. The third-order valence-electron chi connectivity index (χ3n) is 4.93. The number of rotatable bonds is 6. The predicted octanol–water partition coefficient (Wildman–Crippen LogP) is 2.98. The molecule has 2 aromatic carbocycles. The van der Waals surface area contributed by atoms with E-state index in [0.717, 1.165) is 6.42 Å². The first-order valence-electron chi connectivity index (χ1n) is 10.1. The highest BCUT2D eigenvalue weighted by molar-refractivity contribution is 5.82. The summed E-state index contributed by atoms with van der Waals surface area (Å²) in [6.07, 6.45) is -0.409. The lowest BCUT2D eigenvalue weighted by atomic mass is 10.3. The van der Waals surface area contributed by atoms with Crippen molar-refractivity contribution >= 4 is 11.8 Å². The number of carbonyl (C=O) groups is 2. The van der Waals surface area contributed by atoms with Gasteiger partial charge in [-0.2, -0.15) is 0 Å². The summed E-state index contributed by atoms with van der Waals surface area (Å²) in [7, 11) is 0. The van der Waals surface area contributed by atoms with Crippen molar-refractivity contribution in [3.8, 4) is 11.5 Å². The topological polar surface area (TPSA) is 59.1 Å². The number of para-hydroxylation sites is 2. The zero-order valence-corrected chi connectivity index (χ0v) is 17.0. The van der Waals surface area contributed by atoms with Crippen molar-refractivity contribution in [2.75, 3.05) is 26.2 Å². The monoisotopic (exact) mass is 396 g/mol. The fourth-order valence-electron chi connectivity index (χ4n) is 3.38. The maximum atomic E-state index is 12.8. The van der Waals surface area contributed by atoms with E-state index in [-0.39, 0.29) is 11.8 Å². The molecule has 154 valence electrons. The minimum atomic E-state index is -0.569. The number of ether oxygens (including phenoxy) is 2. The van der Waals surface area contributed by atoms with E-state index in [2.05, 4.69) is 0 Å². The van der Waals surface area contributed by atoms with Crippen LogP contribution >= 0.6 is 0 Å². The first-order chi connectivity index (χ1) is 14.0. The zero-order chi connectivity index (χ0) is 20.6. The highest BCUT2D eigenvalue weighted by Crippen LogP contribution is 2.15. The second-order valence-corrected chi connectivity index (χ2v) is 7.15. The molecule has 2 amide bonds. The number of carbonyl (C=O) groups excluding carboxylic acids is 2. The smallest absolute Gasteiger partial charge is 0.263 e. The molecular formula is C23H28N2O4. The summed E-state index contributed by atoms with van der Waals surface area (Å²) in [6, 6.07) is 18.6. The van der Waals surface area contributed by atoms with E-state index < -0.39 is 12.2 Å². The van der Waals surface area contributed by atoms with Crippen LogP contribution < -0.4 is 9.47 Å². The normalized spacial score (nSPS) is 16.5. The highest BCUT2D eigenvalue weighted by Gasteiger charge is 2.28. The standard InChI is InChI=1S/C23H28N2O4/c1-18(28-20-10-5-3-6-11-20)22(26)24-14-9-15-25(17-16-24)23(27)19(2)29-21-12-7-4-8-13-21/h3-8,10-13,18-19H,9,14-17H2,1-2H3/t18-,19+. The van der Waals surface area contributed by atoms with Crippen molar-refractivity contribution in [3.63, 3.8) is 0 Å². The minimum absolute atomic E-state index is 0.0586. The van der Waals surface area contributed by atoms with Crippen LogP contribution in [0, 0.1) is 0 Å². The van der Waals surface area contributed by atoms with Gasteiger partial charge in [0, 0.05) is 26.2 Å². The van der Waals surface area contributed by atoms with Crippen molar-refractivity contribution in [1.82, 2.24) is 9.80 Å². The molecule has 1 aliphatic rings. The van der Waals surface area contributed by atoms with Crippen LogP contribution in [0.3, 0.4) is 0 Å². The molecule has 6 heteroatoms. The molecule has 0 aromatic heterocycles. The van der Waals surface area contributed by atoms with Crippen LogP contribution in [0.25, 0.3) is 0 Å². The van der Waals surface area contributed by atoms with Crippen molar-refractivity contribution in [2.24, 2.45) is 0 Å². The van der Waals surface area contributed by atoms with Crippen molar-refractivity contribution < 1.29 is 19.1 Å². The SMILES string of the molecule is C[C@H](Oc1ccccc1)C(=O)N1CCCN(C(=O)[C@@H](C)Oc2ccccc2)CC1. The van der Waals surface area contributed by atoms with Gasteiger partial charge in [0.1, 0.15) is 11.5 Å². The molecule has 0 saturated carbocycles. The van der Waals surface area contributed by atoms with Gasteiger partial charge in [0.15, 0.2) is 12.2 Å². The summed E-state index contributed by atoms with van der Waals surface area (Å²) in [5.74, 6) is 1.23. The third kappa shape index (κ3) is 5.73.